The minimum Gasteiger partial charge on any atom is -0.380 e. The topological polar surface area (TPSA) is 24.5 Å². The maximum absolute atomic E-state index is 5.42. The van der Waals surface area contributed by atoms with Crippen molar-refractivity contribution in [2.45, 2.75) is 31.4 Å². The molecule has 1 N–H and O–H groups in total. The number of hydrogen-bond acceptors (Lipinski definition) is 3. The fourth-order valence-electron chi connectivity index (χ4n) is 2.44. The molecule has 0 aliphatic carbocycles. The van der Waals surface area contributed by atoms with Crippen LogP contribution in [0.1, 0.15) is 19.3 Å². The number of nitrogens with zero attached hydrogens (tertiary/aromatic N) is 1. The lowest BCUT2D eigenvalue weighted by molar-refractivity contribution is 0.0177. The summed E-state index contributed by atoms with van der Waals surface area (Å²) in [5.74, 6) is 0. The first kappa shape index (κ1) is 9.44. The Morgan fingerprint density at radius 1 is 1.38 bits per heavy atom. The van der Waals surface area contributed by atoms with Gasteiger partial charge in [0.05, 0.1) is 6.10 Å². The Morgan fingerprint density at radius 3 is 3.00 bits per heavy atom. The zero-order valence-electron chi connectivity index (χ0n) is 8.46. The van der Waals surface area contributed by atoms with Gasteiger partial charge in [-0.3, -0.25) is 4.90 Å². The largest absolute Gasteiger partial charge is 0.380 e. The average Bonchev–Trinajstić information content (AvgIpc) is 2.71. The highest BCUT2D eigenvalue weighted by molar-refractivity contribution is 4.84. The predicted molar refractivity (Wildman–Crippen MR) is 52.9 cm³/mol. The molecule has 0 aromatic heterocycles. The molecule has 0 aromatic rings. The molecule has 2 rings (SSSR count). The quantitative estimate of drug-likeness (QED) is 0.675. The van der Waals surface area contributed by atoms with E-state index in [-0.39, 0.29) is 0 Å². The molecule has 3 nitrogen and oxygen atoms in total. The van der Waals surface area contributed by atoms with E-state index in [0.29, 0.717) is 6.10 Å². The maximum Gasteiger partial charge on any atom is 0.0698 e. The van der Waals surface area contributed by atoms with Crippen molar-refractivity contribution < 1.29 is 4.74 Å². The van der Waals surface area contributed by atoms with E-state index in [4.69, 9.17) is 4.74 Å². The normalized spacial score (nSPS) is 36.7. The average molecular weight is 184 g/mol. The number of hydrogen-bond donors (Lipinski definition) is 1. The van der Waals surface area contributed by atoms with Gasteiger partial charge in [-0.05, 0) is 32.4 Å². The monoisotopic (exact) mass is 184 g/mol. The molecule has 13 heavy (non-hydrogen) atoms. The Kier molecular flexibility index (Phi) is 3.19. The molecule has 0 radical (unpaired) electrons. The van der Waals surface area contributed by atoms with Crippen molar-refractivity contribution in [1.82, 2.24) is 10.2 Å². The van der Waals surface area contributed by atoms with Gasteiger partial charge in [-0.25, -0.2) is 0 Å². The van der Waals surface area contributed by atoms with Crippen LogP contribution >= 0.6 is 0 Å². The third-order valence-electron chi connectivity index (χ3n) is 3.29. The van der Waals surface area contributed by atoms with Crippen molar-refractivity contribution in [2.24, 2.45) is 0 Å². The molecule has 76 valence electrons. The van der Waals surface area contributed by atoms with E-state index in [2.05, 4.69) is 10.2 Å². The van der Waals surface area contributed by atoms with Crippen LogP contribution in [0.3, 0.4) is 0 Å². The van der Waals surface area contributed by atoms with E-state index in [9.17, 15) is 0 Å². The van der Waals surface area contributed by atoms with Gasteiger partial charge in [0.25, 0.3) is 0 Å². The van der Waals surface area contributed by atoms with Crippen LogP contribution in [0, 0.1) is 0 Å². The fraction of sp³-hybridized carbons (Fsp3) is 1.00. The first-order valence-electron chi connectivity index (χ1n) is 5.37. The molecule has 0 aromatic carbocycles. The number of nitrogens with one attached hydrogen (secondary N) is 1. The van der Waals surface area contributed by atoms with E-state index in [1.54, 1.807) is 0 Å². The lowest BCUT2D eigenvalue weighted by Crippen LogP contribution is -2.46. The Morgan fingerprint density at radius 2 is 2.31 bits per heavy atom. The van der Waals surface area contributed by atoms with Crippen LogP contribution in [0.15, 0.2) is 0 Å². The molecular formula is C10H20N2O. The molecule has 2 saturated heterocycles. The number of methoxy groups -OCH3 is 1. The van der Waals surface area contributed by atoms with Crippen LogP contribution in [-0.2, 0) is 4.74 Å². The van der Waals surface area contributed by atoms with Crippen molar-refractivity contribution in [3.63, 3.8) is 0 Å². The molecule has 2 unspecified atom stereocenters. The Labute approximate surface area is 80.4 Å². The van der Waals surface area contributed by atoms with Gasteiger partial charge in [0.1, 0.15) is 0 Å². The predicted octanol–water partition coefficient (Wildman–Crippen LogP) is 0.459. The summed E-state index contributed by atoms with van der Waals surface area (Å²) >= 11 is 0. The Hall–Kier alpha value is -0.120. The molecule has 0 bridgehead atoms. The van der Waals surface area contributed by atoms with E-state index < -0.39 is 0 Å². The van der Waals surface area contributed by atoms with E-state index >= 15 is 0 Å². The van der Waals surface area contributed by atoms with Gasteiger partial charge < -0.3 is 10.1 Å². The molecule has 2 atom stereocenters. The maximum atomic E-state index is 5.42. The highest BCUT2D eigenvalue weighted by atomic mass is 16.5. The van der Waals surface area contributed by atoms with Crippen molar-refractivity contribution in [2.75, 3.05) is 33.3 Å². The van der Waals surface area contributed by atoms with E-state index in [1.165, 1.54) is 38.9 Å². The molecule has 2 aliphatic rings. The molecular weight excluding hydrogens is 164 g/mol. The molecule has 0 amide bonds. The van der Waals surface area contributed by atoms with Gasteiger partial charge in [0.2, 0.25) is 0 Å². The van der Waals surface area contributed by atoms with E-state index in [1.807, 2.05) is 7.11 Å². The fourth-order valence-corrected chi connectivity index (χ4v) is 2.44. The summed E-state index contributed by atoms with van der Waals surface area (Å²) in [6.45, 7) is 4.78. The second kappa shape index (κ2) is 4.40. The summed E-state index contributed by atoms with van der Waals surface area (Å²) in [5, 5.41) is 3.42. The first-order chi connectivity index (χ1) is 6.40. The SMILES string of the molecule is COC1CCCN(C2CCNC2)C1. The van der Waals surface area contributed by atoms with Gasteiger partial charge in [-0.2, -0.15) is 0 Å². The van der Waals surface area contributed by atoms with E-state index in [0.717, 1.165) is 12.6 Å². The van der Waals surface area contributed by atoms with Crippen LogP contribution in [0.5, 0.6) is 0 Å². The Bertz CT molecular complexity index is 157. The molecule has 2 heterocycles. The molecule has 0 saturated carbocycles. The van der Waals surface area contributed by atoms with Crippen molar-refractivity contribution in [3.05, 3.63) is 0 Å². The molecule has 2 aliphatic heterocycles. The van der Waals surface area contributed by atoms with Gasteiger partial charge in [0, 0.05) is 26.2 Å². The second-order valence-electron chi connectivity index (χ2n) is 4.14. The first-order valence-corrected chi connectivity index (χ1v) is 5.37. The van der Waals surface area contributed by atoms with Crippen LogP contribution in [0.25, 0.3) is 0 Å². The van der Waals surface area contributed by atoms with Crippen molar-refractivity contribution in [3.8, 4) is 0 Å². The van der Waals surface area contributed by atoms with Gasteiger partial charge in [0.15, 0.2) is 0 Å². The molecule has 2 fully saturated rings. The lowest BCUT2D eigenvalue weighted by atomic mass is 10.1. The molecule has 3 heteroatoms. The summed E-state index contributed by atoms with van der Waals surface area (Å²) in [5.41, 5.74) is 0. The number of piperidine rings is 1. The third-order valence-corrected chi connectivity index (χ3v) is 3.29. The minimum atomic E-state index is 0.481. The van der Waals surface area contributed by atoms with Gasteiger partial charge in [-0.1, -0.05) is 0 Å². The summed E-state index contributed by atoms with van der Waals surface area (Å²) in [6.07, 6.45) is 4.34. The highest BCUT2D eigenvalue weighted by Gasteiger charge is 2.27. The van der Waals surface area contributed by atoms with Crippen molar-refractivity contribution >= 4 is 0 Å². The number of ether oxygens (including phenoxy) is 1. The standard InChI is InChI=1S/C10H20N2O/c1-13-10-3-2-6-12(8-10)9-4-5-11-7-9/h9-11H,2-8H2,1H3. The molecule has 0 spiro atoms. The summed E-state index contributed by atoms with van der Waals surface area (Å²) in [7, 11) is 1.83. The smallest absolute Gasteiger partial charge is 0.0698 e. The zero-order valence-corrected chi connectivity index (χ0v) is 8.46. The summed E-state index contributed by atoms with van der Waals surface area (Å²) in [4.78, 5) is 2.59. The summed E-state index contributed by atoms with van der Waals surface area (Å²) < 4.78 is 5.42. The zero-order chi connectivity index (χ0) is 9.10. The van der Waals surface area contributed by atoms with Crippen molar-refractivity contribution in [1.29, 1.82) is 0 Å². The van der Waals surface area contributed by atoms with Crippen LogP contribution in [0.4, 0.5) is 0 Å². The third kappa shape index (κ3) is 2.22. The van der Waals surface area contributed by atoms with Crippen LogP contribution < -0.4 is 5.32 Å². The van der Waals surface area contributed by atoms with Crippen LogP contribution in [0.2, 0.25) is 0 Å². The number of likely N-dealkylation sites (tertiary alicyclic amines) is 1. The minimum absolute atomic E-state index is 0.481. The second-order valence-corrected chi connectivity index (χ2v) is 4.14. The van der Waals surface area contributed by atoms with Gasteiger partial charge in [-0.15, -0.1) is 0 Å². The number of rotatable bonds is 2. The lowest BCUT2D eigenvalue weighted by Gasteiger charge is -2.35. The summed E-state index contributed by atoms with van der Waals surface area (Å²) in [6, 6.07) is 0.776. The highest BCUT2D eigenvalue weighted by Crippen LogP contribution is 2.17. The van der Waals surface area contributed by atoms with Crippen LogP contribution in [-0.4, -0.2) is 50.3 Å². The Balaban J connectivity index is 1.84. The van der Waals surface area contributed by atoms with Gasteiger partial charge >= 0.3 is 0 Å².